The van der Waals surface area contributed by atoms with E-state index in [0.717, 1.165) is 11.8 Å². The number of hydrogen-bond donors (Lipinski definition) is 0. The monoisotopic (exact) mass is 236 g/mol. The van der Waals surface area contributed by atoms with E-state index in [0.29, 0.717) is 0 Å². The van der Waals surface area contributed by atoms with E-state index in [-0.39, 0.29) is 0 Å². The van der Waals surface area contributed by atoms with Gasteiger partial charge < -0.3 is 0 Å². The van der Waals surface area contributed by atoms with E-state index in [1.54, 1.807) is 0 Å². The summed E-state index contributed by atoms with van der Waals surface area (Å²) in [5, 5.41) is 0. The fourth-order valence-corrected chi connectivity index (χ4v) is 3.21. The lowest BCUT2D eigenvalue weighted by atomic mass is 9.76. The molecule has 1 saturated carbocycles. The summed E-state index contributed by atoms with van der Waals surface area (Å²) in [6, 6.07) is 22.0. The highest BCUT2D eigenvalue weighted by molar-refractivity contribution is 5.23. The molecule has 18 heavy (non-hydrogen) atoms. The third kappa shape index (κ3) is 2.48. The van der Waals surface area contributed by atoms with Crippen molar-refractivity contribution in [1.82, 2.24) is 0 Å². The maximum absolute atomic E-state index is 2.29. The Bertz CT molecular complexity index is 416. The molecule has 92 valence electrons. The van der Waals surface area contributed by atoms with Gasteiger partial charge in [0, 0.05) is 0 Å². The van der Waals surface area contributed by atoms with Gasteiger partial charge in [-0.1, -0.05) is 60.7 Å². The summed E-state index contributed by atoms with van der Waals surface area (Å²) >= 11 is 0. The van der Waals surface area contributed by atoms with Crippen LogP contribution in [0.3, 0.4) is 0 Å². The highest BCUT2D eigenvalue weighted by Gasteiger charge is 2.22. The van der Waals surface area contributed by atoms with Crippen molar-refractivity contribution in [2.75, 3.05) is 0 Å². The third-order valence-electron chi connectivity index (χ3n) is 4.27. The molecular formula is C18H20. The lowest BCUT2D eigenvalue weighted by molar-refractivity contribution is 0.396. The van der Waals surface area contributed by atoms with Crippen LogP contribution in [0.15, 0.2) is 60.7 Å². The Hall–Kier alpha value is -1.56. The van der Waals surface area contributed by atoms with Crippen molar-refractivity contribution in [3.05, 3.63) is 71.8 Å². The Balaban J connectivity index is 1.65. The van der Waals surface area contributed by atoms with Gasteiger partial charge in [0.1, 0.15) is 0 Å². The Morgan fingerprint density at radius 3 is 1.17 bits per heavy atom. The zero-order valence-electron chi connectivity index (χ0n) is 10.8. The van der Waals surface area contributed by atoms with E-state index in [1.165, 1.54) is 36.8 Å². The predicted molar refractivity (Wildman–Crippen MR) is 76.8 cm³/mol. The summed E-state index contributed by atoms with van der Waals surface area (Å²) in [5.41, 5.74) is 3.06. The minimum Gasteiger partial charge on any atom is -0.0622 e. The number of rotatable bonds is 2. The average molecular weight is 236 g/mol. The van der Waals surface area contributed by atoms with Gasteiger partial charge in [0.2, 0.25) is 0 Å². The van der Waals surface area contributed by atoms with Gasteiger partial charge >= 0.3 is 0 Å². The maximum atomic E-state index is 2.29. The number of benzene rings is 2. The van der Waals surface area contributed by atoms with Crippen molar-refractivity contribution >= 4 is 0 Å². The number of hydrogen-bond acceptors (Lipinski definition) is 0. The van der Waals surface area contributed by atoms with Crippen LogP contribution in [0.5, 0.6) is 0 Å². The molecule has 0 heterocycles. The summed E-state index contributed by atoms with van der Waals surface area (Å²) in [6.45, 7) is 0. The second kappa shape index (κ2) is 5.39. The summed E-state index contributed by atoms with van der Waals surface area (Å²) in [6.07, 6.45) is 5.35. The summed E-state index contributed by atoms with van der Waals surface area (Å²) in [4.78, 5) is 0. The normalized spacial score (nSPS) is 23.8. The Kier molecular flexibility index (Phi) is 3.45. The van der Waals surface area contributed by atoms with Gasteiger partial charge in [-0.3, -0.25) is 0 Å². The van der Waals surface area contributed by atoms with Gasteiger partial charge in [-0.25, -0.2) is 0 Å². The standard InChI is InChI=1S/C18H20/c1-3-7-15(8-4-1)17-11-13-18(14-12-17)16-9-5-2-6-10-16/h1-10,17-18H,11-14H2. The van der Waals surface area contributed by atoms with Gasteiger partial charge in [-0.05, 0) is 48.6 Å². The molecule has 0 atom stereocenters. The minimum atomic E-state index is 0.783. The predicted octanol–water partition coefficient (Wildman–Crippen LogP) is 5.13. The smallest absolute Gasteiger partial charge is 0.0162 e. The van der Waals surface area contributed by atoms with Gasteiger partial charge in [-0.15, -0.1) is 0 Å². The zero-order valence-corrected chi connectivity index (χ0v) is 10.8. The molecule has 1 aliphatic carbocycles. The van der Waals surface area contributed by atoms with Crippen LogP contribution in [0.4, 0.5) is 0 Å². The summed E-state index contributed by atoms with van der Waals surface area (Å²) in [5.74, 6) is 1.57. The van der Waals surface area contributed by atoms with Crippen LogP contribution in [-0.4, -0.2) is 0 Å². The molecular weight excluding hydrogens is 216 g/mol. The minimum absolute atomic E-state index is 0.783. The first-order chi connectivity index (χ1) is 8.93. The van der Waals surface area contributed by atoms with Crippen molar-refractivity contribution in [3.63, 3.8) is 0 Å². The molecule has 1 fully saturated rings. The molecule has 0 unspecified atom stereocenters. The van der Waals surface area contributed by atoms with Crippen LogP contribution in [0, 0.1) is 0 Å². The van der Waals surface area contributed by atoms with Crippen LogP contribution in [0.1, 0.15) is 48.6 Å². The molecule has 0 aromatic heterocycles. The van der Waals surface area contributed by atoms with Crippen LogP contribution >= 0.6 is 0 Å². The molecule has 0 N–H and O–H groups in total. The van der Waals surface area contributed by atoms with E-state index in [4.69, 9.17) is 0 Å². The molecule has 0 spiro atoms. The van der Waals surface area contributed by atoms with Crippen LogP contribution in [0.25, 0.3) is 0 Å². The first-order valence-corrected chi connectivity index (χ1v) is 7.03. The van der Waals surface area contributed by atoms with E-state index < -0.39 is 0 Å². The van der Waals surface area contributed by atoms with E-state index in [1.807, 2.05) is 0 Å². The molecule has 0 heteroatoms. The van der Waals surface area contributed by atoms with Gasteiger partial charge in [0.25, 0.3) is 0 Å². The first kappa shape index (κ1) is 11.5. The van der Waals surface area contributed by atoms with E-state index in [2.05, 4.69) is 60.7 Å². The molecule has 1 aliphatic rings. The zero-order chi connectivity index (χ0) is 12.2. The van der Waals surface area contributed by atoms with E-state index in [9.17, 15) is 0 Å². The van der Waals surface area contributed by atoms with Gasteiger partial charge in [0.05, 0.1) is 0 Å². The first-order valence-electron chi connectivity index (χ1n) is 7.03. The molecule has 0 saturated heterocycles. The molecule has 0 bridgehead atoms. The quantitative estimate of drug-likeness (QED) is 0.678. The van der Waals surface area contributed by atoms with Crippen LogP contribution < -0.4 is 0 Å². The third-order valence-corrected chi connectivity index (χ3v) is 4.27. The molecule has 0 radical (unpaired) electrons. The molecule has 3 rings (SSSR count). The highest BCUT2D eigenvalue weighted by Crippen LogP contribution is 2.40. The average Bonchev–Trinajstić information content (AvgIpc) is 2.49. The fourth-order valence-electron chi connectivity index (χ4n) is 3.21. The van der Waals surface area contributed by atoms with Crippen LogP contribution in [-0.2, 0) is 0 Å². The van der Waals surface area contributed by atoms with Crippen molar-refractivity contribution < 1.29 is 0 Å². The molecule has 0 aliphatic heterocycles. The topological polar surface area (TPSA) is 0 Å². The van der Waals surface area contributed by atoms with Crippen LogP contribution in [0.2, 0.25) is 0 Å². The van der Waals surface area contributed by atoms with Crippen molar-refractivity contribution in [2.24, 2.45) is 0 Å². The summed E-state index contributed by atoms with van der Waals surface area (Å²) < 4.78 is 0. The maximum Gasteiger partial charge on any atom is -0.0162 e. The van der Waals surface area contributed by atoms with Gasteiger partial charge in [0.15, 0.2) is 0 Å². The Labute approximate surface area is 110 Å². The Morgan fingerprint density at radius 2 is 0.833 bits per heavy atom. The summed E-state index contributed by atoms with van der Waals surface area (Å²) in [7, 11) is 0. The fraction of sp³-hybridized carbons (Fsp3) is 0.333. The largest absolute Gasteiger partial charge is 0.0622 e. The second-order valence-electron chi connectivity index (χ2n) is 5.37. The lowest BCUT2D eigenvalue weighted by Crippen LogP contribution is -2.11. The van der Waals surface area contributed by atoms with E-state index >= 15 is 0 Å². The SMILES string of the molecule is c1ccc(C2CCC(c3ccccc3)CC2)cc1. The second-order valence-corrected chi connectivity index (χ2v) is 5.37. The van der Waals surface area contributed by atoms with Crippen molar-refractivity contribution in [1.29, 1.82) is 0 Å². The Morgan fingerprint density at radius 1 is 0.500 bits per heavy atom. The van der Waals surface area contributed by atoms with Crippen molar-refractivity contribution in [2.45, 2.75) is 37.5 Å². The van der Waals surface area contributed by atoms with Gasteiger partial charge in [-0.2, -0.15) is 0 Å². The lowest BCUT2D eigenvalue weighted by Gasteiger charge is -2.29. The van der Waals surface area contributed by atoms with Crippen molar-refractivity contribution in [3.8, 4) is 0 Å². The highest BCUT2D eigenvalue weighted by atomic mass is 14.3. The molecule has 0 nitrogen and oxygen atoms in total. The molecule has 2 aromatic carbocycles. The molecule has 0 amide bonds. The molecule has 2 aromatic rings.